The average molecular weight is 360 g/mol. The number of hydrogen-bond acceptors (Lipinski definition) is 4. The van der Waals surface area contributed by atoms with Gasteiger partial charge < -0.3 is 9.47 Å². The van der Waals surface area contributed by atoms with Crippen LogP contribution >= 0.6 is 0 Å². The summed E-state index contributed by atoms with van der Waals surface area (Å²) >= 11 is 0. The van der Waals surface area contributed by atoms with Gasteiger partial charge in [-0.05, 0) is 51.5 Å². The summed E-state index contributed by atoms with van der Waals surface area (Å²) in [5.41, 5.74) is -0.468. The Bertz CT molecular complexity index is 641. The summed E-state index contributed by atoms with van der Waals surface area (Å²) in [5, 5.41) is 0. The number of fused-ring (bicyclic) bond motifs is 2. The van der Waals surface area contributed by atoms with E-state index in [0.29, 0.717) is 18.8 Å². The van der Waals surface area contributed by atoms with Gasteiger partial charge in [-0.3, -0.25) is 9.59 Å². The highest BCUT2D eigenvalue weighted by atomic mass is 16.7. The molecule has 144 valence electrons. The largest absolute Gasteiger partial charge is 0.347 e. The van der Waals surface area contributed by atoms with E-state index in [9.17, 15) is 9.59 Å². The minimum Gasteiger partial charge on any atom is -0.347 e. The molecule has 2 unspecified atom stereocenters. The minimum atomic E-state index is -0.743. The Morgan fingerprint density at radius 1 is 1.15 bits per heavy atom. The summed E-state index contributed by atoms with van der Waals surface area (Å²) in [6.45, 7) is 16.7. The van der Waals surface area contributed by atoms with Gasteiger partial charge in [0.2, 0.25) is 0 Å². The van der Waals surface area contributed by atoms with Crippen molar-refractivity contribution in [2.24, 2.45) is 28.6 Å². The van der Waals surface area contributed by atoms with E-state index in [2.05, 4.69) is 20.1 Å². The molecule has 2 aliphatic carbocycles. The van der Waals surface area contributed by atoms with Crippen molar-refractivity contribution in [3.63, 3.8) is 0 Å². The predicted molar refractivity (Wildman–Crippen MR) is 100 cm³/mol. The first-order valence-corrected chi connectivity index (χ1v) is 9.77. The Hall–Kier alpha value is -1.26. The fourth-order valence-corrected chi connectivity index (χ4v) is 5.65. The SMILES string of the molecule is C=CC(C)(C)C(=O)C(=C)[C@@]12CC[C@@H](C)C(C(C)=O)C1C1(CC2)OCCO1. The van der Waals surface area contributed by atoms with E-state index < -0.39 is 16.6 Å². The van der Waals surface area contributed by atoms with Crippen molar-refractivity contribution in [2.45, 2.75) is 59.2 Å². The van der Waals surface area contributed by atoms with Crippen LogP contribution in [-0.4, -0.2) is 30.6 Å². The van der Waals surface area contributed by atoms with Crippen LogP contribution in [0.2, 0.25) is 0 Å². The molecule has 4 heteroatoms. The van der Waals surface area contributed by atoms with Crippen LogP contribution in [0, 0.1) is 28.6 Å². The van der Waals surface area contributed by atoms with E-state index >= 15 is 0 Å². The van der Waals surface area contributed by atoms with Gasteiger partial charge >= 0.3 is 0 Å². The lowest BCUT2D eigenvalue weighted by Gasteiger charge is -2.51. The molecule has 1 aliphatic heterocycles. The lowest BCUT2D eigenvalue weighted by Crippen LogP contribution is -2.53. The number of allylic oxidation sites excluding steroid dienone is 2. The van der Waals surface area contributed by atoms with Crippen LogP contribution in [-0.2, 0) is 19.1 Å². The first kappa shape index (κ1) is 19.5. The Morgan fingerprint density at radius 3 is 2.31 bits per heavy atom. The van der Waals surface area contributed by atoms with Crippen LogP contribution in [0.25, 0.3) is 0 Å². The molecular formula is C22H32O4. The third kappa shape index (κ3) is 2.65. The highest BCUT2D eigenvalue weighted by molar-refractivity contribution is 6.01. The lowest BCUT2D eigenvalue weighted by molar-refractivity contribution is -0.215. The molecule has 0 aromatic carbocycles. The molecule has 3 fully saturated rings. The molecule has 0 radical (unpaired) electrons. The maximum Gasteiger partial charge on any atom is 0.172 e. The smallest absolute Gasteiger partial charge is 0.172 e. The molecule has 1 saturated heterocycles. The maximum atomic E-state index is 13.3. The molecule has 0 N–H and O–H groups in total. The standard InChI is InChI=1S/C22H32O4/c1-7-20(5,6)19(24)15(3)21-9-8-14(2)17(16(4)23)18(21)22(11-10-21)25-12-13-26-22/h7,14,17-18H,1,3,8-13H2,2,4-6H3/t14-,17?,18?,21+/m1/s1. The van der Waals surface area contributed by atoms with E-state index in [0.717, 1.165) is 25.7 Å². The quantitative estimate of drug-likeness (QED) is 0.547. The van der Waals surface area contributed by atoms with Gasteiger partial charge in [0.1, 0.15) is 5.78 Å². The summed E-state index contributed by atoms with van der Waals surface area (Å²) in [6.07, 6.45) is 4.96. The highest BCUT2D eigenvalue weighted by Gasteiger charge is 2.67. The lowest BCUT2D eigenvalue weighted by atomic mass is 9.54. The van der Waals surface area contributed by atoms with Crippen LogP contribution in [0.3, 0.4) is 0 Å². The molecule has 0 aromatic rings. The third-order valence-electron chi connectivity index (χ3n) is 7.22. The fraction of sp³-hybridized carbons (Fsp3) is 0.727. The Balaban J connectivity index is 2.09. The molecule has 3 rings (SSSR count). The normalized spacial score (nSPS) is 35.9. The van der Waals surface area contributed by atoms with Crippen molar-refractivity contribution in [1.29, 1.82) is 0 Å². The van der Waals surface area contributed by atoms with Gasteiger partial charge in [0.25, 0.3) is 0 Å². The second-order valence-corrected chi connectivity index (χ2v) is 9.03. The second-order valence-electron chi connectivity index (χ2n) is 9.03. The predicted octanol–water partition coefficient (Wildman–Crippen LogP) is 4.10. The molecule has 2 saturated carbocycles. The molecule has 0 bridgehead atoms. The topological polar surface area (TPSA) is 52.6 Å². The van der Waals surface area contributed by atoms with Gasteiger partial charge in [-0.2, -0.15) is 0 Å². The zero-order chi connectivity index (χ0) is 19.3. The highest BCUT2D eigenvalue weighted by Crippen LogP contribution is 2.65. The van der Waals surface area contributed by atoms with E-state index in [-0.39, 0.29) is 29.3 Å². The van der Waals surface area contributed by atoms with E-state index in [1.807, 2.05) is 13.8 Å². The number of rotatable bonds is 5. The second kappa shape index (κ2) is 6.42. The van der Waals surface area contributed by atoms with Crippen molar-refractivity contribution in [3.05, 3.63) is 24.8 Å². The van der Waals surface area contributed by atoms with E-state index in [1.165, 1.54) is 0 Å². The third-order valence-corrected chi connectivity index (χ3v) is 7.22. The summed E-state index contributed by atoms with van der Waals surface area (Å²) in [7, 11) is 0. The van der Waals surface area contributed by atoms with Gasteiger partial charge in [-0.25, -0.2) is 0 Å². The van der Waals surface area contributed by atoms with Crippen molar-refractivity contribution in [2.75, 3.05) is 13.2 Å². The zero-order valence-corrected chi connectivity index (χ0v) is 16.6. The van der Waals surface area contributed by atoms with Gasteiger partial charge in [-0.1, -0.05) is 19.6 Å². The van der Waals surface area contributed by atoms with Crippen molar-refractivity contribution < 1.29 is 19.1 Å². The molecule has 1 spiro atoms. The van der Waals surface area contributed by atoms with Crippen molar-refractivity contribution in [1.82, 2.24) is 0 Å². The van der Waals surface area contributed by atoms with E-state index in [4.69, 9.17) is 9.47 Å². The van der Waals surface area contributed by atoms with Crippen molar-refractivity contribution in [3.8, 4) is 0 Å². The maximum absolute atomic E-state index is 13.3. The number of carbonyl (C=O) groups excluding carboxylic acids is 2. The number of Topliss-reactive ketones (excluding diaryl/α,β-unsaturated/α-hetero) is 2. The van der Waals surface area contributed by atoms with Crippen LogP contribution in [0.4, 0.5) is 0 Å². The summed E-state index contributed by atoms with van der Waals surface area (Å²) in [5.74, 6) is -0.619. The Labute approximate surface area is 157 Å². The molecule has 26 heavy (non-hydrogen) atoms. The Morgan fingerprint density at radius 2 is 1.77 bits per heavy atom. The first-order valence-electron chi connectivity index (χ1n) is 9.77. The number of carbonyl (C=O) groups is 2. The summed E-state index contributed by atoms with van der Waals surface area (Å²) in [4.78, 5) is 25.9. The van der Waals surface area contributed by atoms with Crippen LogP contribution in [0.1, 0.15) is 53.4 Å². The number of ether oxygens (including phenoxy) is 2. The molecule has 0 aromatic heterocycles. The molecule has 0 amide bonds. The Kier molecular flexibility index (Phi) is 4.81. The van der Waals surface area contributed by atoms with Gasteiger partial charge in [0, 0.05) is 29.1 Å². The van der Waals surface area contributed by atoms with Gasteiger partial charge in [0.15, 0.2) is 11.6 Å². The van der Waals surface area contributed by atoms with Gasteiger partial charge in [0.05, 0.1) is 13.2 Å². The molecule has 3 aliphatic rings. The fourth-order valence-electron chi connectivity index (χ4n) is 5.65. The molecule has 1 heterocycles. The van der Waals surface area contributed by atoms with Crippen LogP contribution in [0.15, 0.2) is 24.8 Å². The van der Waals surface area contributed by atoms with E-state index in [1.54, 1.807) is 13.0 Å². The summed E-state index contributed by atoms with van der Waals surface area (Å²) in [6, 6.07) is 0. The monoisotopic (exact) mass is 360 g/mol. The minimum absolute atomic E-state index is 0.0180. The van der Waals surface area contributed by atoms with Crippen LogP contribution in [0.5, 0.6) is 0 Å². The van der Waals surface area contributed by atoms with Gasteiger partial charge in [-0.15, -0.1) is 6.58 Å². The molecule has 4 atom stereocenters. The number of ketones is 2. The molecule has 4 nitrogen and oxygen atoms in total. The van der Waals surface area contributed by atoms with Crippen molar-refractivity contribution >= 4 is 11.6 Å². The zero-order valence-electron chi connectivity index (χ0n) is 16.6. The summed E-state index contributed by atoms with van der Waals surface area (Å²) < 4.78 is 12.2. The molecular weight excluding hydrogens is 328 g/mol. The first-order chi connectivity index (χ1) is 12.1. The average Bonchev–Trinajstić information content (AvgIpc) is 3.20. The number of hydrogen-bond donors (Lipinski definition) is 0. The van der Waals surface area contributed by atoms with Crippen LogP contribution < -0.4 is 0 Å².